The monoisotopic (exact) mass is 378 g/mol. The Balaban J connectivity index is 2.10. The molecular weight excluding hydrogens is 356 g/mol. The molecule has 0 aliphatic carbocycles. The van der Waals surface area contributed by atoms with Crippen molar-refractivity contribution in [2.45, 2.75) is 25.0 Å². The number of aromatic nitrogens is 4. The molecule has 2 aromatic heterocycles. The Morgan fingerprint density at radius 2 is 2.04 bits per heavy atom. The minimum absolute atomic E-state index is 0.0629. The summed E-state index contributed by atoms with van der Waals surface area (Å²) in [5, 5.41) is 13.6. The van der Waals surface area contributed by atoms with Gasteiger partial charge in [0.1, 0.15) is 0 Å². The van der Waals surface area contributed by atoms with E-state index in [1.165, 1.54) is 18.8 Å². The average Bonchev–Trinajstić information content (AvgIpc) is 3.07. The number of amides is 3. The Labute approximate surface area is 155 Å². The van der Waals surface area contributed by atoms with Crippen molar-refractivity contribution in [1.29, 1.82) is 0 Å². The fraction of sp³-hybridized carbons (Fsp3) is 0.438. The minimum Gasteiger partial charge on any atom is -0.382 e. The SMILES string of the molecule is CCOCCCn1c(SCC(=O)NC(=O)NC)nnc1-c1ccncc1. The third-order valence-electron chi connectivity index (χ3n) is 3.34. The Hall–Kier alpha value is -2.46. The summed E-state index contributed by atoms with van der Waals surface area (Å²) in [6, 6.07) is 3.18. The highest BCUT2D eigenvalue weighted by Gasteiger charge is 2.16. The topological polar surface area (TPSA) is 111 Å². The lowest BCUT2D eigenvalue weighted by Crippen LogP contribution is -2.38. The minimum atomic E-state index is -0.536. The molecule has 2 heterocycles. The van der Waals surface area contributed by atoms with Gasteiger partial charge in [0.15, 0.2) is 11.0 Å². The molecule has 0 aromatic carbocycles. The van der Waals surface area contributed by atoms with Crippen molar-refractivity contribution in [2.75, 3.05) is 26.0 Å². The number of pyridine rings is 1. The van der Waals surface area contributed by atoms with Gasteiger partial charge in [0.25, 0.3) is 0 Å². The first-order chi connectivity index (χ1) is 12.7. The van der Waals surface area contributed by atoms with Gasteiger partial charge in [0.2, 0.25) is 5.91 Å². The van der Waals surface area contributed by atoms with E-state index in [1.54, 1.807) is 12.4 Å². The second-order valence-electron chi connectivity index (χ2n) is 5.16. The van der Waals surface area contributed by atoms with Crippen LogP contribution >= 0.6 is 11.8 Å². The van der Waals surface area contributed by atoms with Gasteiger partial charge in [-0.15, -0.1) is 10.2 Å². The van der Waals surface area contributed by atoms with Crippen LogP contribution in [0.2, 0.25) is 0 Å². The zero-order chi connectivity index (χ0) is 18.8. The number of hydrogen-bond acceptors (Lipinski definition) is 7. The number of thioether (sulfide) groups is 1. The molecule has 0 aliphatic heterocycles. The molecule has 0 spiro atoms. The summed E-state index contributed by atoms with van der Waals surface area (Å²) in [4.78, 5) is 27.0. The van der Waals surface area contributed by atoms with E-state index >= 15 is 0 Å². The Morgan fingerprint density at radius 1 is 1.27 bits per heavy atom. The summed E-state index contributed by atoms with van der Waals surface area (Å²) >= 11 is 1.23. The number of nitrogens with one attached hydrogen (secondary N) is 2. The molecular formula is C16H22N6O3S. The lowest BCUT2D eigenvalue weighted by atomic mass is 10.2. The molecule has 10 heteroatoms. The molecule has 26 heavy (non-hydrogen) atoms. The smallest absolute Gasteiger partial charge is 0.321 e. The van der Waals surface area contributed by atoms with Gasteiger partial charge >= 0.3 is 6.03 Å². The number of imide groups is 1. The zero-order valence-corrected chi connectivity index (χ0v) is 15.6. The van der Waals surface area contributed by atoms with Crippen molar-refractivity contribution in [2.24, 2.45) is 0 Å². The summed E-state index contributed by atoms with van der Waals surface area (Å²) in [7, 11) is 1.45. The van der Waals surface area contributed by atoms with E-state index in [0.717, 1.165) is 12.0 Å². The molecule has 2 aromatic rings. The highest BCUT2D eigenvalue weighted by molar-refractivity contribution is 7.99. The van der Waals surface area contributed by atoms with Crippen LogP contribution in [-0.2, 0) is 16.1 Å². The molecule has 0 atom stereocenters. The summed E-state index contributed by atoms with van der Waals surface area (Å²) in [6.45, 7) is 3.91. The number of ether oxygens (including phenoxy) is 1. The van der Waals surface area contributed by atoms with E-state index in [0.29, 0.717) is 30.7 Å². The second kappa shape index (κ2) is 10.5. The van der Waals surface area contributed by atoms with Crippen LogP contribution in [-0.4, -0.2) is 57.7 Å². The molecule has 0 aliphatic rings. The molecule has 0 bridgehead atoms. The normalized spacial score (nSPS) is 10.5. The first kappa shape index (κ1) is 19.9. The molecule has 0 saturated carbocycles. The van der Waals surface area contributed by atoms with Crippen LogP contribution in [0.25, 0.3) is 11.4 Å². The quantitative estimate of drug-likeness (QED) is 0.500. The van der Waals surface area contributed by atoms with Crippen LogP contribution in [0.4, 0.5) is 4.79 Å². The van der Waals surface area contributed by atoms with Crippen molar-refractivity contribution in [3.63, 3.8) is 0 Å². The lowest BCUT2D eigenvalue weighted by Gasteiger charge is -2.10. The van der Waals surface area contributed by atoms with E-state index < -0.39 is 11.9 Å². The first-order valence-corrected chi connectivity index (χ1v) is 9.20. The molecule has 0 unspecified atom stereocenters. The maximum Gasteiger partial charge on any atom is 0.321 e. The van der Waals surface area contributed by atoms with E-state index in [1.807, 2.05) is 23.6 Å². The first-order valence-electron chi connectivity index (χ1n) is 8.21. The summed E-state index contributed by atoms with van der Waals surface area (Å²) in [5.41, 5.74) is 0.894. The van der Waals surface area contributed by atoms with Gasteiger partial charge in [-0.25, -0.2) is 4.79 Å². The lowest BCUT2D eigenvalue weighted by molar-refractivity contribution is -0.117. The summed E-state index contributed by atoms with van der Waals surface area (Å²) < 4.78 is 7.34. The van der Waals surface area contributed by atoms with Crippen molar-refractivity contribution in [3.8, 4) is 11.4 Å². The number of urea groups is 1. The Morgan fingerprint density at radius 3 is 2.73 bits per heavy atom. The van der Waals surface area contributed by atoms with Gasteiger partial charge in [-0.1, -0.05) is 11.8 Å². The number of rotatable bonds is 9. The van der Waals surface area contributed by atoms with Crippen molar-refractivity contribution in [1.82, 2.24) is 30.4 Å². The van der Waals surface area contributed by atoms with Crippen LogP contribution in [0.1, 0.15) is 13.3 Å². The van der Waals surface area contributed by atoms with E-state index in [9.17, 15) is 9.59 Å². The summed E-state index contributed by atoms with van der Waals surface area (Å²) in [6.07, 6.45) is 4.18. The molecule has 0 radical (unpaired) electrons. The molecule has 9 nitrogen and oxygen atoms in total. The van der Waals surface area contributed by atoms with Crippen LogP contribution in [0.15, 0.2) is 29.7 Å². The number of hydrogen-bond donors (Lipinski definition) is 2. The number of nitrogens with zero attached hydrogens (tertiary/aromatic N) is 4. The third kappa shape index (κ3) is 5.81. The Kier molecular flexibility index (Phi) is 8.03. The molecule has 2 N–H and O–H groups in total. The van der Waals surface area contributed by atoms with Gasteiger partial charge < -0.3 is 14.6 Å². The summed E-state index contributed by atoms with van der Waals surface area (Å²) in [5.74, 6) is 0.370. The molecule has 0 saturated heterocycles. The van der Waals surface area contributed by atoms with Crippen molar-refractivity contribution < 1.29 is 14.3 Å². The number of carbonyl (C=O) groups is 2. The molecule has 2 rings (SSSR count). The second-order valence-corrected chi connectivity index (χ2v) is 6.10. The highest BCUT2D eigenvalue weighted by Crippen LogP contribution is 2.23. The standard InChI is InChI=1S/C16H22N6O3S/c1-3-25-10-4-9-22-14(12-5-7-18-8-6-12)20-21-16(22)26-11-13(23)19-15(24)17-2/h5-8H,3-4,9-11H2,1-2H3,(H2,17,19,23,24). The highest BCUT2D eigenvalue weighted by atomic mass is 32.2. The zero-order valence-electron chi connectivity index (χ0n) is 14.8. The fourth-order valence-corrected chi connectivity index (χ4v) is 2.90. The van der Waals surface area contributed by atoms with Gasteiger partial charge in [0.05, 0.1) is 5.75 Å². The molecule has 0 fully saturated rings. The average molecular weight is 378 g/mol. The molecule has 140 valence electrons. The van der Waals surface area contributed by atoms with Crippen LogP contribution in [0.3, 0.4) is 0 Å². The maximum atomic E-state index is 11.8. The van der Waals surface area contributed by atoms with Gasteiger partial charge in [-0.05, 0) is 25.5 Å². The van der Waals surface area contributed by atoms with Crippen LogP contribution in [0, 0.1) is 0 Å². The van der Waals surface area contributed by atoms with Crippen LogP contribution < -0.4 is 10.6 Å². The fourth-order valence-electron chi connectivity index (χ4n) is 2.14. The maximum absolute atomic E-state index is 11.8. The molecule has 3 amide bonds. The predicted molar refractivity (Wildman–Crippen MR) is 97.7 cm³/mol. The largest absolute Gasteiger partial charge is 0.382 e. The van der Waals surface area contributed by atoms with E-state index in [2.05, 4.69) is 25.8 Å². The van der Waals surface area contributed by atoms with Crippen LogP contribution in [0.5, 0.6) is 0 Å². The van der Waals surface area contributed by atoms with E-state index in [4.69, 9.17) is 4.74 Å². The predicted octanol–water partition coefficient (Wildman–Crippen LogP) is 1.31. The van der Waals surface area contributed by atoms with Crippen molar-refractivity contribution in [3.05, 3.63) is 24.5 Å². The van der Waals surface area contributed by atoms with Gasteiger partial charge in [0, 0.05) is 44.8 Å². The third-order valence-corrected chi connectivity index (χ3v) is 4.31. The van der Waals surface area contributed by atoms with Gasteiger partial charge in [-0.3, -0.25) is 15.1 Å². The van der Waals surface area contributed by atoms with Crippen molar-refractivity contribution >= 4 is 23.7 Å². The van der Waals surface area contributed by atoms with E-state index in [-0.39, 0.29) is 5.75 Å². The Bertz CT molecular complexity index is 722. The van der Waals surface area contributed by atoms with Gasteiger partial charge in [-0.2, -0.15) is 0 Å². The number of carbonyl (C=O) groups excluding carboxylic acids is 2.